The van der Waals surface area contributed by atoms with Crippen LogP contribution in [0.3, 0.4) is 0 Å². The van der Waals surface area contributed by atoms with Crippen LogP contribution in [0.15, 0.2) is 83.5 Å². The third kappa shape index (κ3) is 7.81. The van der Waals surface area contributed by atoms with Gasteiger partial charge in [-0.3, -0.25) is 4.79 Å². The number of hydrogen-bond donors (Lipinski definition) is 2. The van der Waals surface area contributed by atoms with Gasteiger partial charge in [0.15, 0.2) is 0 Å². The maximum atomic E-state index is 11.1. The van der Waals surface area contributed by atoms with Gasteiger partial charge in [-0.1, -0.05) is 55.5 Å². The van der Waals surface area contributed by atoms with E-state index in [1.807, 2.05) is 69.5 Å². The zero-order valence-electron chi connectivity index (χ0n) is 19.9. The molecule has 2 N–H and O–H groups in total. The molecule has 0 spiro atoms. The predicted octanol–water partition coefficient (Wildman–Crippen LogP) is 6.40. The molecule has 0 aliphatic rings. The molecular weight excluding hydrogens is 414 g/mol. The molecule has 33 heavy (non-hydrogen) atoms. The number of ether oxygens (including phenoxy) is 1. The lowest BCUT2D eigenvalue weighted by Crippen LogP contribution is -2.04. The van der Waals surface area contributed by atoms with Crippen LogP contribution in [0.4, 0.5) is 0 Å². The number of para-hydroxylation sites is 1. The standard InChI is InChI=1S/C25H24O4.C3H9N/c1-4-7-19(12-17(2)3)22-14-18(13-21-10-11-28-25(21)22)16-29-23-9-6-5-8-20(23)15-24(26)27;1-3-4-2/h4-14H,2,15-16H2,1,3H3,(H,26,27);4H,3H2,1-2H3/b7-4-,19-12+;. The zero-order valence-corrected chi connectivity index (χ0v) is 19.9. The van der Waals surface area contributed by atoms with Crippen LogP contribution in [-0.4, -0.2) is 24.7 Å². The number of furan rings is 1. The second kappa shape index (κ2) is 13.1. The largest absolute Gasteiger partial charge is 0.489 e. The van der Waals surface area contributed by atoms with Crippen LogP contribution in [-0.2, 0) is 17.8 Å². The molecule has 2 aromatic carbocycles. The molecule has 1 heterocycles. The van der Waals surface area contributed by atoms with E-state index in [0.717, 1.165) is 39.8 Å². The Balaban J connectivity index is 0.000000890. The van der Waals surface area contributed by atoms with Gasteiger partial charge in [-0.15, -0.1) is 0 Å². The zero-order chi connectivity index (χ0) is 24.2. The van der Waals surface area contributed by atoms with E-state index in [4.69, 9.17) is 14.3 Å². The van der Waals surface area contributed by atoms with E-state index in [9.17, 15) is 4.79 Å². The van der Waals surface area contributed by atoms with Gasteiger partial charge in [0.2, 0.25) is 0 Å². The van der Waals surface area contributed by atoms with Crippen molar-refractivity contribution in [3.63, 3.8) is 0 Å². The summed E-state index contributed by atoms with van der Waals surface area (Å²) in [5, 5.41) is 13.0. The normalized spacial score (nSPS) is 11.3. The molecule has 5 heteroatoms. The first kappa shape index (κ1) is 25.7. The molecule has 0 amide bonds. The Kier molecular flexibility index (Phi) is 10.2. The number of rotatable bonds is 9. The molecule has 1 aromatic heterocycles. The summed E-state index contributed by atoms with van der Waals surface area (Å²) in [4.78, 5) is 11.1. The topological polar surface area (TPSA) is 71.7 Å². The van der Waals surface area contributed by atoms with Gasteiger partial charge in [-0.2, -0.15) is 0 Å². The third-order valence-corrected chi connectivity index (χ3v) is 4.73. The maximum absolute atomic E-state index is 11.1. The first-order chi connectivity index (χ1) is 15.9. The van der Waals surface area contributed by atoms with Crippen molar-refractivity contribution in [2.75, 3.05) is 13.6 Å². The maximum Gasteiger partial charge on any atom is 0.307 e. The Morgan fingerprint density at radius 3 is 2.61 bits per heavy atom. The lowest BCUT2D eigenvalue weighted by atomic mass is 9.98. The Morgan fingerprint density at radius 1 is 1.24 bits per heavy atom. The van der Waals surface area contributed by atoms with E-state index in [2.05, 4.69) is 18.8 Å². The molecule has 0 atom stereocenters. The predicted molar refractivity (Wildman–Crippen MR) is 136 cm³/mol. The Labute approximate surface area is 196 Å². The Bertz CT molecular complexity index is 1140. The minimum absolute atomic E-state index is 0.0744. The second-order valence-corrected chi connectivity index (χ2v) is 7.60. The van der Waals surface area contributed by atoms with Crippen molar-refractivity contribution in [3.05, 3.63) is 95.8 Å². The van der Waals surface area contributed by atoms with Crippen LogP contribution in [0.1, 0.15) is 37.5 Å². The molecule has 3 rings (SSSR count). The van der Waals surface area contributed by atoms with Crippen LogP contribution in [0.2, 0.25) is 0 Å². The molecule has 0 aliphatic carbocycles. The molecule has 5 nitrogen and oxygen atoms in total. The van der Waals surface area contributed by atoms with E-state index in [1.165, 1.54) is 0 Å². The SMILES string of the molecule is C=C(C)/C=C(\C=C/C)c1cc(COc2ccccc2CC(=O)O)cc2ccoc12.CCNC. The van der Waals surface area contributed by atoms with Gasteiger partial charge in [0.1, 0.15) is 17.9 Å². The molecule has 0 aliphatic heterocycles. The number of fused-ring (bicyclic) bond motifs is 1. The van der Waals surface area contributed by atoms with Crippen molar-refractivity contribution < 1.29 is 19.1 Å². The van der Waals surface area contributed by atoms with Gasteiger partial charge in [0.05, 0.1) is 12.7 Å². The van der Waals surface area contributed by atoms with Gasteiger partial charge < -0.3 is 19.6 Å². The fraction of sp³-hybridized carbons (Fsp3) is 0.250. The van der Waals surface area contributed by atoms with Crippen molar-refractivity contribution in [1.82, 2.24) is 5.32 Å². The van der Waals surface area contributed by atoms with Gasteiger partial charge in [0.25, 0.3) is 0 Å². The molecule has 0 fully saturated rings. The number of nitrogens with one attached hydrogen (secondary N) is 1. The van der Waals surface area contributed by atoms with E-state index in [0.29, 0.717) is 17.9 Å². The van der Waals surface area contributed by atoms with Crippen LogP contribution in [0, 0.1) is 0 Å². The summed E-state index contributed by atoms with van der Waals surface area (Å²) < 4.78 is 11.7. The summed E-state index contributed by atoms with van der Waals surface area (Å²) in [6.45, 7) is 11.4. The highest BCUT2D eigenvalue weighted by Gasteiger charge is 2.12. The average Bonchev–Trinajstić information content (AvgIpc) is 3.26. The van der Waals surface area contributed by atoms with E-state index in [1.54, 1.807) is 18.4 Å². The van der Waals surface area contributed by atoms with E-state index >= 15 is 0 Å². The quantitative estimate of drug-likeness (QED) is 0.371. The minimum Gasteiger partial charge on any atom is -0.489 e. The number of allylic oxidation sites excluding steroid dienone is 5. The molecular formula is C28H33NO4. The van der Waals surface area contributed by atoms with Crippen LogP contribution in [0.25, 0.3) is 16.5 Å². The van der Waals surface area contributed by atoms with Gasteiger partial charge in [-0.05, 0) is 62.8 Å². The highest BCUT2D eigenvalue weighted by atomic mass is 16.5. The molecule has 3 aromatic rings. The highest BCUT2D eigenvalue weighted by Crippen LogP contribution is 2.30. The molecule has 174 valence electrons. The molecule has 0 saturated heterocycles. The minimum atomic E-state index is -0.885. The lowest BCUT2D eigenvalue weighted by molar-refractivity contribution is -0.136. The number of carbonyl (C=O) groups is 1. The van der Waals surface area contributed by atoms with Crippen LogP contribution >= 0.6 is 0 Å². The van der Waals surface area contributed by atoms with Gasteiger partial charge >= 0.3 is 5.97 Å². The highest BCUT2D eigenvalue weighted by molar-refractivity contribution is 5.93. The molecule has 0 bridgehead atoms. The number of carboxylic acid groups (broad SMARTS) is 1. The van der Waals surface area contributed by atoms with Gasteiger partial charge in [-0.25, -0.2) is 0 Å². The number of benzene rings is 2. The summed E-state index contributed by atoms with van der Waals surface area (Å²) in [7, 11) is 1.93. The second-order valence-electron chi connectivity index (χ2n) is 7.60. The summed E-state index contributed by atoms with van der Waals surface area (Å²) in [5.74, 6) is -0.307. The summed E-state index contributed by atoms with van der Waals surface area (Å²) in [5.41, 5.74) is 5.35. The summed E-state index contributed by atoms with van der Waals surface area (Å²) in [6, 6.07) is 13.2. The van der Waals surface area contributed by atoms with E-state index < -0.39 is 5.97 Å². The van der Waals surface area contributed by atoms with Crippen molar-refractivity contribution >= 4 is 22.5 Å². The smallest absolute Gasteiger partial charge is 0.307 e. The monoisotopic (exact) mass is 447 g/mol. The lowest BCUT2D eigenvalue weighted by Gasteiger charge is -2.12. The van der Waals surface area contributed by atoms with Crippen molar-refractivity contribution in [2.24, 2.45) is 0 Å². The van der Waals surface area contributed by atoms with Crippen molar-refractivity contribution in [1.29, 1.82) is 0 Å². The fourth-order valence-corrected chi connectivity index (χ4v) is 3.22. The first-order valence-corrected chi connectivity index (χ1v) is 11.0. The van der Waals surface area contributed by atoms with Crippen molar-refractivity contribution in [2.45, 2.75) is 33.8 Å². The number of carboxylic acids is 1. The Hall–Kier alpha value is -3.57. The van der Waals surface area contributed by atoms with E-state index in [-0.39, 0.29) is 6.42 Å². The first-order valence-electron chi connectivity index (χ1n) is 11.0. The number of hydrogen-bond acceptors (Lipinski definition) is 4. The van der Waals surface area contributed by atoms with Gasteiger partial charge in [0, 0.05) is 16.5 Å². The molecule has 0 unspecified atom stereocenters. The number of aliphatic carboxylic acids is 1. The van der Waals surface area contributed by atoms with Crippen LogP contribution in [0.5, 0.6) is 5.75 Å². The fourth-order valence-electron chi connectivity index (χ4n) is 3.22. The summed E-state index contributed by atoms with van der Waals surface area (Å²) >= 11 is 0. The molecule has 0 saturated carbocycles. The third-order valence-electron chi connectivity index (χ3n) is 4.73. The molecule has 0 radical (unpaired) electrons. The van der Waals surface area contributed by atoms with Crippen LogP contribution < -0.4 is 10.1 Å². The van der Waals surface area contributed by atoms with Crippen molar-refractivity contribution in [3.8, 4) is 5.75 Å². The summed E-state index contributed by atoms with van der Waals surface area (Å²) in [6.07, 6.45) is 7.63. The Morgan fingerprint density at radius 2 is 1.97 bits per heavy atom. The average molecular weight is 448 g/mol.